The average molecular weight is 411 g/mol. The summed E-state index contributed by atoms with van der Waals surface area (Å²) in [7, 11) is 1.67. The number of carbonyl (C=O) groups excluding carboxylic acids is 2. The van der Waals surface area contributed by atoms with Gasteiger partial charge in [-0.25, -0.2) is 4.79 Å². The highest BCUT2D eigenvalue weighted by atomic mass is 16.2. The number of amides is 2. The van der Waals surface area contributed by atoms with Gasteiger partial charge in [0.15, 0.2) is 0 Å². The van der Waals surface area contributed by atoms with Crippen LogP contribution >= 0.6 is 0 Å². The second-order valence-electron chi connectivity index (χ2n) is 8.13. The molecule has 1 aromatic heterocycles. The van der Waals surface area contributed by atoms with E-state index < -0.39 is 0 Å². The fourth-order valence-corrected chi connectivity index (χ4v) is 4.06. The smallest absolute Gasteiger partial charge is 0.344 e. The molecule has 0 spiro atoms. The summed E-state index contributed by atoms with van der Waals surface area (Å²) in [6, 6.07) is 8.76. The molecule has 0 aliphatic carbocycles. The minimum absolute atomic E-state index is 0.0934. The van der Waals surface area contributed by atoms with Crippen LogP contribution in [0.25, 0.3) is 0 Å². The lowest BCUT2D eigenvalue weighted by Crippen LogP contribution is -2.49. The molecule has 2 saturated heterocycles. The number of hydrogen-bond acceptors (Lipinski definition) is 5. The second-order valence-corrected chi connectivity index (χ2v) is 8.13. The summed E-state index contributed by atoms with van der Waals surface area (Å²) in [5.41, 5.74) is 3.24. The van der Waals surface area contributed by atoms with Crippen LogP contribution in [0.5, 0.6) is 0 Å². The number of aromatic nitrogens is 2. The highest BCUT2D eigenvalue weighted by molar-refractivity contribution is 5.91. The third-order valence-corrected chi connectivity index (χ3v) is 6.08. The first-order valence-corrected chi connectivity index (χ1v) is 10.7. The summed E-state index contributed by atoms with van der Waals surface area (Å²) in [4.78, 5) is 32.3. The molecule has 8 nitrogen and oxygen atoms in total. The summed E-state index contributed by atoms with van der Waals surface area (Å²) in [6.07, 6.45) is 5.73. The molecule has 0 radical (unpaired) electrons. The number of carbonyl (C=O) groups is 2. The molecule has 1 aromatic carbocycles. The van der Waals surface area contributed by atoms with Crippen LogP contribution in [0.1, 0.15) is 25.3 Å². The Balaban J connectivity index is 1.28. The Morgan fingerprint density at radius 3 is 2.30 bits per heavy atom. The molecule has 0 bridgehead atoms. The number of rotatable bonds is 4. The molecule has 30 heavy (non-hydrogen) atoms. The number of hydrogen-bond donors (Lipinski definition) is 0. The highest BCUT2D eigenvalue weighted by Gasteiger charge is 2.23. The van der Waals surface area contributed by atoms with E-state index in [0.29, 0.717) is 18.8 Å². The van der Waals surface area contributed by atoms with Gasteiger partial charge in [0.05, 0.1) is 18.1 Å². The molecule has 0 unspecified atom stereocenters. The van der Waals surface area contributed by atoms with E-state index in [-0.39, 0.29) is 11.9 Å². The summed E-state index contributed by atoms with van der Waals surface area (Å²) < 4.78 is 1.32. The van der Waals surface area contributed by atoms with Crippen LogP contribution in [-0.2, 0) is 11.3 Å². The van der Waals surface area contributed by atoms with E-state index >= 15 is 0 Å². The van der Waals surface area contributed by atoms with Gasteiger partial charge in [-0.15, -0.1) is 0 Å². The van der Waals surface area contributed by atoms with Gasteiger partial charge in [-0.3, -0.25) is 9.69 Å². The van der Waals surface area contributed by atoms with Crippen molar-refractivity contribution in [3.05, 3.63) is 42.2 Å². The van der Waals surface area contributed by atoms with Crippen LogP contribution < -0.4 is 9.80 Å². The Kier molecular flexibility index (Phi) is 6.03. The summed E-state index contributed by atoms with van der Waals surface area (Å²) in [6.45, 7) is 7.72. The van der Waals surface area contributed by atoms with Crippen molar-refractivity contribution in [3.8, 4) is 0 Å². The molecule has 4 rings (SSSR count). The van der Waals surface area contributed by atoms with Gasteiger partial charge < -0.3 is 14.7 Å². The van der Waals surface area contributed by atoms with E-state index in [4.69, 9.17) is 0 Å². The van der Waals surface area contributed by atoms with E-state index in [1.165, 1.54) is 40.6 Å². The van der Waals surface area contributed by atoms with Crippen molar-refractivity contribution in [2.24, 2.45) is 0 Å². The maximum absolute atomic E-state index is 12.7. The topological polar surface area (TPSA) is 64.9 Å². The lowest BCUT2D eigenvalue weighted by molar-refractivity contribution is -0.116. The predicted octanol–water partition coefficient (Wildman–Crippen LogP) is 2.25. The Labute approximate surface area is 177 Å². The van der Waals surface area contributed by atoms with Gasteiger partial charge in [0.2, 0.25) is 5.91 Å². The van der Waals surface area contributed by atoms with Crippen molar-refractivity contribution in [2.45, 2.75) is 26.3 Å². The van der Waals surface area contributed by atoms with Crippen molar-refractivity contribution in [1.82, 2.24) is 19.6 Å². The van der Waals surface area contributed by atoms with Gasteiger partial charge in [-0.1, -0.05) is 12.1 Å². The molecule has 0 atom stereocenters. The van der Waals surface area contributed by atoms with Crippen molar-refractivity contribution in [1.29, 1.82) is 0 Å². The maximum Gasteiger partial charge on any atom is 0.344 e. The zero-order valence-corrected chi connectivity index (χ0v) is 17.8. The molecule has 8 heteroatoms. The molecule has 3 heterocycles. The first-order chi connectivity index (χ1) is 14.5. The van der Waals surface area contributed by atoms with E-state index in [1.807, 2.05) is 4.90 Å². The zero-order valence-electron chi connectivity index (χ0n) is 17.8. The highest BCUT2D eigenvalue weighted by Crippen LogP contribution is 2.21. The monoisotopic (exact) mass is 410 g/mol. The molecule has 2 aromatic rings. The molecule has 2 aliphatic rings. The fourth-order valence-electron chi connectivity index (χ4n) is 4.06. The van der Waals surface area contributed by atoms with Crippen LogP contribution in [0.3, 0.4) is 0 Å². The molecule has 160 valence electrons. The molecular weight excluding hydrogens is 380 g/mol. The third-order valence-electron chi connectivity index (χ3n) is 6.08. The number of nitrogens with zero attached hydrogens (tertiary/aromatic N) is 6. The lowest BCUT2D eigenvalue weighted by Gasteiger charge is -2.34. The standard InChI is InChI=1S/C22H30N6O2/c1-18(29)24(2)21-15-23-28(17-21)22(30)27-13-11-25(12-14-27)16-19-5-7-20(8-6-19)26-9-3-4-10-26/h5-8,15,17H,3-4,9-14,16H2,1-2H3. The van der Waals surface area contributed by atoms with Crippen LogP contribution in [0.2, 0.25) is 0 Å². The van der Waals surface area contributed by atoms with Gasteiger partial charge in [-0.2, -0.15) is 9.78 Å². The van der Waals surface area contributed by atoms with Gasteiger partial charge in [0.25, 0.3) is 0 Å². The minimum Gasteiger partial charge on any atom is -0.372 e. The van der Waals surface area contributed by atoms with Gasteiger partial charge in [-0.05, 0) is 30.5 Å². The normalized spacial score (nSPS) is 17.4. The number of piperazine rings is 1. The molecular formula is C22H30N6O2. The average Bonchev–Trinajstić information content (AvgIpc) is 3.46. The van der Waals surface area contributed by atoms with Crippen LogP contribution in [0.15, 0.2) is 36.7 Å². The molecule has 2 aliphatic heterocycles. The Hall–Kier alpha value is -2.87. The number of anilines is 2. The van der Waals surface area contributed by atoms with Crippen molar-refractivity contribution in [3.63, 3.8) is 0 Å². The second kappa shape index (κ2) is 8.87. The van der Waals surface area contributed by atoms with Crippen LogP contribution in [0, 0.1) is 0 Å². The largest absolute Gasteiger partial charge is 0.372 e. The van der Waals surface area contributed by atoms with E-state index in [9.17, 15) is 9.59 Å². The predicted molar refractivity (Wildman–Crippen MR) is 117 cm³/mol. The summed E-state index contributed by atoms with van der Waals surface area (Å²) >= 11 is 0. The van der Waals surface area contributed by atoms with Crippen LogP contribution in [-0.4, -0.2) is 77.8 Å². The first kappa shape index (κ1) is 20.4. The lowest BCUT2D eigenvalue weighted by atomic mass is 10.1. The number of benzene rings is 1. The first-order valence-electron chi connectivity index (χ1n) is 10.7. The molecule has 0 saturated carbocycles. The van der Waals surface area contributed by atoms with E-state index in [0.717, 1.165) is 32.7 Å². The molecule has 0 N–H and O–H groups in total. The fraction of sp³-hybridized carbons (Fsp3) is 0.500. The quantitative estimate of drug-likeness (QED) is 0.774. The minimum atomic E-state index is -0.146. The third kappa shape index (κ3) is 4.48. The van der Waals surface area contributed by atoms with Crippen molar-refractivity contribution in [2.75, 3.05) is 56.1 Å². The summed E-state index contributed by atoms with van der Waals surface area (Å²) in [5.74, 6) is -0.0934. The van der Waals surface area contributed by atoms with Gasteiger partial charge in [0, 0.05) is 65.5 Å². The summed E-state index contributed by atoms with van der Waals surface area (Å²) in [5, 5.41) is 4.14. The molecule has 2 fully saturated rings. The maximum atomic E-state index is 12.7. The van der Waals surface area contributed by atoms with Crippen molar-refractivity contribution < 1.29 is 9.59 Å². The Morgan fingerprint density at radius 2 is 1.67 bits per heavy atom. The Morgan fingerprint density at radius 1 is 1.00 bits per heavy atom. The van der Waals surface area contributed by atoms with Crippen molar-refractivity contribution >= 4 is 23.3 Å². The van der Waals surface area contributed by atoms with E-state index in [1.54, 1.807) is 19.4 Å². The SMILES string of the molecule is CC(=O)N(C)c1cnn(C(=O)N2CCN(Cc3ccc(N4CCCC4)cc3)CC2)c1. The zero-order chi connectivity index (χ0) is 21.1. The Bertz CT molecular complexity index is 879. The van der Waals surface area contributed by atoms with Gasteiger partial charge >= 0.3 is 6.03 Å². The van der Waals surface area contributed by atoms with Gasteiger partial charge in [0.1, 0.15) is 0 Å². The van der Waals surface area contributed by atoms with Crippen LogP contribution in [0.4, 0.5) is 16.2 Å². The van der Waals surface area contributed by atoms with E-state index in [2.05, 4.69) is 39.2 Å². The molecule has 2 amide bonds.